The summed E-state index contributed by atoms with van der Waals surface area (Å²) in [6.45, 7) is 5.43. The van der Waals surface area contributed by atoms with Crippen LogP contribution in [0.25, 0.3) is 0 Å². The first-order valence-corrected chi connectivity index (χ1v) is 10.5. The molecule has 2 aromatic rings. The van der Waals surface area contributed by atoms with E-state index in [9.17, 15) is 14.4 Å². The predicted molar refractivity (Wildman–Crippen MR) is 118 cm³/mol. The number of carbonyl (C=O) groups excluding carboxylic acids is 3. The molecule has 0 saturated heterocycles. The highest BCUT2D eigenvalue weighted by molar-refractivity contribution is 5.97. The summed E-state index contributed by atoms with van der Waals surface area (Å²) in [4.78, 5) is 39.8. The Morgan fingerprint density at radius 3 is 2.32 bits per heavy atom. The molecule has 6 nitrogen and oxygen atoms in total. The van der Waals surface area contributed by atoms with Gasteiger partial charge < -0.3 is 15.0 Å². The lowest BCUT2D eigenvalue weighted by molar-refractivity contribution is -0.141. The second kappa shape index (κ2) is 10.1. The molecule has 0 spiro atoms. The summed E-state index contributed by atoms with van der Waals surface area (Å²) in [5, 5.41) is 2.93. The number of hydrogen-bond donors (Lipinski definition) is 1. The Bertz CT molecular complexity index is 970. The zero-order valence-corrected chi connectivity index (χ0v) is 18.1. The maximum Gasteiger partial charge on any atom is 0.336 e. The minimum absolute atomic E-state index is 0.108. The molecule has 0 saturated carbocycles. The van der Waals surface area contributed by atoms with E-state index in [1.54, 1.807) is 13.8 Å². The molecule has 0 radical (unpaired) electrons. The minimum atomic E-state index is -0.454. The van der Waals surface area contributed by atoms with Crippen LogP contribution in [0.3, 0.4) is 0 Å². The van der Waals surface area contributed by atoms with Crippen LogP contribution >= 0.6 is 0 Å². The second-order valence-electron chi connectivity index (χ2n) is 7.57. The Morgan fingerprint density at radius 2 is 1.71 bits per heavy atom. The van der Waals surface area contributed by atoms with E-state index in [4.69, 9.17) is 4.74 Å². The van der Waals surface area contributed by atoms with E-state index in [1.807, 2.05) is 67.6 Å². The molecule has 2 aromatic carbocycles. The van der Waals surface area contributed by atoms with Crippen molar-refractivity contribution >= 4 is 17.8 Å². The zero-order valence-electron chi connectivity index (χ0n) is 18.1. The van der Waals surface area contributed by atoms with Gasteiger partial charge in [0.25, 0.3) is 0 Å². The quantitative estimate of drug-likeness (QED) is 0.693. The first-order chi connectivity index (χ1) is 14.9. The maximum atomic E-state index is 13.0. The van der Waals surface area contributed by atoms with Gasteiger partial charge in [-0.15, -0.1) is 0 Å². The van der Waals surface area contributed by atoms with Crippen LogP contribution in [0.4, 0.5) is 0 Å². The number of nitrogens with zero attached hydrogens (tertiary/aromatic N) is 1. The van der Waals surface area contributed by atoms with Crippen LogP contribution < -0.4 is 5.32 Å². The topological polar surface area (TPSA) is 75.7 Å². The van der Waals surface area contributed by atoms with Crippen molar-refractivity contribution < 1.29 is 19.1 Å². The third-order valence-electron chi connectivity index (χ3n) is 5.50. The molecule has 1 aliphatic rings. The fourth-order valence-corrected chi connectivity index (χ4v) is 3.90. The van der Waals surface area contributed by atoms with E-state index < -0.39 is 11.9 Å². The van der Waals surface area contributed by atoms with Crippen molar-refractivity contribution in [2.45, 2.75) is 39.2 Å². The molecular weight excluding hydrogens is 392 g/mol. The molecule has 1 aliphatic heterocycles. The highest BCUT2D eigenvalue weighted by Crippen LogP contribution is 2.36. The van der Waals surface area contributed by atoms with Gasteiger partial charge in [0.05, 0.1) is 18.2 Å². The number of allylic oxidation sites excluding steroid dienone is 1. The highest BCUT2D eigenvalue weighted by Gasteiger charge is 2.37. The summed E-state index contributed by atoms with van der Waals surface area (Å²) < 4.78 is 5.28. The number of carbonyl (C=O) groups is 3. The molecule has 2 unspecified atom stereocenters. The summed E-state index contributed by atoms with van der Waals surface area (Å²) >= 11 is 0. The SMILES string of the molecule is CCOC(=O)C1=C(C)N(CC(=O)NC(C)c2ccccc2)C(=O)CC1c1ccccc1. The van der Waals surface area contributed by atoms with Gasteiger partial charge in [-0.25, -0.2) is 4.79 Å². The number of rotatable bonds is 7. The molecule has 0 aliphatic carbocycles. The molecular formula is C25H28N2O4. The van der Waals surface area contributed by atoms with Gasteiger partial charge in [-0.3, -0.25) is 9.59 Å². The van der Waals surface area contributed by atoms with Crippen LogP contribution in [0.5, 0.6) is 0 Å². The lowest BCUT2D eigenvalue weighted by atomic mass is 9.83. The number of esters is 1. The average molecular weight is 421 g/mol. The van der Waals surface area contributed by atoms with Gasteiger partial charge in [0, 0.05) is 18.0 Å². The van der Waals surface area contributed by atoms with Crippen molar-refractivity contribution in [2.75, 3.05) is 13.2 Å². The number of hydrogen-bond acceptors (Lipinski definition) is 4. The normalized spacial score (nSPS) is 17.3. The zero-order chi connectivity index (χ0) is 22.4. The van der Waals surface area contributed by atoms with Crippen LogP contribution in [0, 0.1) is 0 Å². The standard InChI is InChI=1S/C25H28N2O4/c1-4-31-25(30)24-18(3)27(23(29)15-21(24)20-13-9-6-10-14-20)16-22(28)26-17(2)19-11-7-5-8-12-19/h5-14,17,21H,4,15-16H2,1-3H3,(H,26,28). The molecule has 0 aromatic heterocycles. The molecule has 3 rings (SSSR count). The molecule has 1 heterocycles. The average Bonchev–Trinajstić information content (AvgIpc) is 2.77. The fourth-order valence-electron chi connectivity index (χ4n) is 3.90. The number of amides is 2. The Hall–Kier alpha value is -3.41. The molecule has 0 bridgehead atoms. The summed E-state index contributed by atoms with van der Waals surface area (Å²) in [5.41, 5.74) is 2.74. The van der Waals surface area contributed by atoms with Gasteiger partial charge >= 0.3 is 5.97 Å². The van der Waals surface area contributed by atoms with Crippen LogP contribution in [-0.2, 0) is 19.1 Å². The maximum absolute atomic E-state index is 13.0. The van der Waals surface area contributed by atoms with Crippen molar-refractivity contribution in [3.05, 3.63) is 83.1 Å². The molecule has 2 atom stereocenters. The minimum Gasteiger partial charge on any atom is -0.463 e. The Labute approximate surface area is 182 Å². The summed E-state index contributed by atoms with van der Waals surface area (Å²) in [6, 6.07) is 18.9. The third-order valence-corrected chi connectivity index (χ3v) is 5.50. The summed E-state index contributed by atoms with van der Waals surface area (Å²) in [5.74, 6) is -1.33. The van der Waals surface area contributed by atoms with Gasteiger partial charge in [-0.05, 0) is 31.9 Å². The Kier molecular flexibility index (Phi) is 7.23. The molecule has 6 heteroatoms. The highest BCUT2D eigenvalue weighted by atomic mass is 16.5. The van der Waals surface area contributed by atoms with Crippen molar-refractivity contribution in [3.63, 3.8) is 0 Å². The number of nitrogens with one attached hydrogen (secondary N) is 1. The molecule has 1 N–H and O–H groups in total. The van der Waals surface area contributed by atoms with Crippen LogP contribution in [-0.4, -0.2) is 35.8 Å². The Morgan fingerprint density at radius 1 is 1.10 bits per heavy atom. The lowest BCUT2D eigenvalue weighted by Crippen LogP contribution is -2.44. The van der Waals surface area contributed by atoms with Gasteiger partial charge in [0.1, 0.15) is 6.54 Å². The number of benzene rings is 2. The smallest absolute Gasteiger partial charge is 0.336 e. The van der Waals surface area contributed by atoms with Gasteiger partial charge in [-0.2, -0.15) is 0 Å². The van der Waals surface area contributed by atoms with E-state index in [0.29, 0.717) is 11.3 Å². The van der Waals surface area contributed by atoms with Crippen LogP contribution in [0.2, 0.25) is 0 Å². The predicted octanol–water partition coefficient (Wildman–Crippen LogP) is 3.72. The first-order valence-electron chi connectivity index (χ1n) is 10.5. The molecule has 0 fully saturated rings. The van der Waals surface area contributed by atoms with E-state index >= 15 is 0 Å². The van der Waals surface area contributed by atoms with E-state index in [2.05, 4.69) is 5.32 Å². The molecule has 162 valence electrons. The lowest BCUT2D eigenvalue weighted by Gasteiger charge is -2.34. The van der Waals surface area contributed by atoms with Crippen LogP contribution in [0.15, 0.2) is 71.9 Å². The van der Waals surface area contributed by atoms with Crippen LogP contribution in [0.1, 0.15) is 50.3 Å². The van der Waals surface area contributed by atoms with Crippen molar-refractivity contribution in [3.8, 4) is 0 Å². The van der Waals surface area contributed by atoms with Gasteiger partial charge in [0.2, 0.25) is 11.8 Å². The second-order valence-corrected chi connectivity index (χ2v) is 7.57. The monoisotopic (exact) mass is 420 g/mol. The van der Waals surface area contributed by atoms with Crippen molar-refractivity contribution in [1.82, 2.24) is 10.2 Å². The Balaban J connectivity index is 1.84. The largest absolute Gasteiger partial charge is 0.463 e. The van der Waals surface area contributed by atoms with E-state index in [-0.39, 0.29) is 37.4 Å². The van der Waals surface area contributed by atoms with E-state index in [0.717, 1.165) is 11.1 Å². The summed E-state index contributed by atoms with van der Waals surface area (Å²) in [7, 11) is 0. The molecule has 2 amide bonds. The summed E-state index contributed by atoms with van der Waals surface area (Å²) in [6.07, 6.45) is 0.108. The van der Waals surface area contributed by atoms with Gasteiger partial charge in [-0.1, -0.05) is 60.7 Å². The third kappa shape index (κ3) is 5.20. The van der Waals surface area contributed by atoms with E-state index in [1.165, 1.54) is 4.90 Å². The first kappa shape index (κ1) is 22.3. The number of ether oxygens (including phenoxy) is 1. The van der Waals surface area contributed by atoms with Gasteiger partial charge in [0.15, 0.2) is 0 Å². The molecule has 31 heavy (non-hydrogen) atoms. The van der Waals surface area contributed by atoms with Crippen molar-refractivity contribution in [2.24, 2.45) is 0 Å². The fraction of sp³-hybridized carbons (Fsp3) is 0.320. The van der Waals surface area contributed by atoms with Crippen molar-refractivity contribution in [1.29, 1.82) is 0 Å².